The van der Waals surface area contributed by atoms with E-state index in [9.17, 15) is 13.6 Å². The predicted octanol–water partition coefficient (Wildman–Crippen LogP) is 4.96. The zero-order valence-electron chi connectivity index (χ0n) is 26.5. The number of carbonyl (C=O) groups excluding carboxylic acids is 1. The Bertz CT molecular complexity index is 1750. The van der Waals surface area contributed by atoms with Gasteiger partial charge in [-0.05, 0) is 79.8 Å². The summed E-state index contributed by atoms with van der Waals surface area (Å²) < 4.78 is 60.8. The van der Waals surface area contributed by atoms with Crippen LogP contribution in [-0.2, 0) is 12.0 Å². The van der Waals surface area contributed by atoms with E-state index >= 15 is 4.39 Å². The number of amides is 1. The highest BCUT2D eigenvalue weighted by Gasteiger charge is 2.52. The number of hydrogen-bond donors (Lipinski definition) is 2. The maximum Gasteiger partial charge on any atom is 0.254 e. The lowest BCUT2D eigenvalue weighted by Crippen LogP contribution is -2.49. The summed E-state index contributed by atoms with van der Waals surface area (Å²) in [5.74, 6) is -3.53. The molecule has 0 unspecified atom stereocenters. The number of anilines is 1. The Balaban J connectivity index is 0.953. The van der Waals surface area contributed by atoms with Crippen LogP contribution in [0.2, 0.25) is 0 Å². The molecule has 1 aliphatic heterocycles. The third kappa shape index (κ3) is 6.16. The van der Waals surface area contributed by atoms with E-state index in [4.69, 9.17) is 19.0 Å². The van der Waals surface area contributed by atoms with Crippen LogP contribution >= 0.6 is 0 Å². The molecule has 4 aromatic rings. The molecule has 2 aromatic carbocycles. The topological polar surface area (TPSA) is 128 Å². The van der Waals surface area contributed by atoms with Crippen molar-refractivity contribution in [3.05, 3.63) is 76.9 Å². The normalized spacial score (nSPS) is 22.0. The summed E-state index contributed by atoms with van der Waals surface area (Å²) in [6.07, 6.45) is 4.64. The number of rotatable bonds is 10. The van der Waals surface area contributed by atoms with Gasteiger partial charge in [0, 0.05) is 38.1 Å². The van der Waals surface area contributed by atoms with E-state index in [-0.39, 0.29) is 24.0 Å². The average Bonchev–Trinajstić information content (AvgIpc) is 3.65. The van der Waals surface area contributed by atoms with E-state index in [0.717, 1.165) is 70.5 Å². The van der Waals surface area contributed by atoms with Crippen molar-refractivity contribution in [3.8, 4) is 23.0 Å². The third-order valence-corrected chi connectivity index (χ3v) is 10.1. The van der Waals surface area contributed by atoms with Crippen LogP contribution < -0.4 is 25.0 Å². The van der Waals surface area contributed by atoms with Crippen LogP contribution in [0.3, 0.4) is 0 Å². The summed E-state index contributed by atoms with van der Waals surface area (Å²) in [7, 11) is 1.52. The third-order valence-electron chi connectivity index (χ3n) is 10.1. The van der Waals surface area contributed by atoms with E-state index in [2.05, 4.69) is 30.9 Å². The van der Waals surface area contributed by atoms with Crippen molar-refractivity contribution in [1.82, 2.24) is 31.0 Å². The van der Waals surface area contributed by atoms with Crippen LogP contribution in [0.1, 0.15) is 60.3 Å². The standard InChI is InChI=1S/C34H36F3N7O4/c1-46-22-4-2-21(3-5-22)19-47-29-24(35)18-23(27(36)28(29)37)31(45)39-20-33-8-11-34(12-9-33,13-10-33)32-40-30(43-48-32)25-6-7-26(42-41-25)44-16-14-38-15-17-44/h2-7,18,38H,8-17,19-20H2,1H3,(H,39,45)/t33-,34+. The van der Waals surface area contributed by atoms with Crippen molar-refractivity contribution in [1.29, 1.82) is 0 Å². The summed E-state index contributed by atoms with van der Waals surface area (Å²) in [6.45, 7) is 3.61. The number of fused-ring (bicyclic) bond motifs is 3. The molecule has 11 nitrogen and oxygen atoms in total. The van der Waals surface area contributed by atoms with Gasteiger partial charge < -0.3 is 29.5 Å². The molecule has 8 rings (SSSR count). The van der Waals surface area contributed by atoms with Crippen molar-refractivity contribution < 1.29 is 32.0 Å². The van der Waals surface area contributed by atoms with Gasteiger partial charge in [-0.2, -0.15) is 9.37 Å². The highest BCUT2D eigenvalue weighted by Crippen LogP contribution is 2.57. The fraction of sp³-hybridized carbons (Fsp3) is 0.441. The maximum atomic E-state index is 15.0. The van der Waals surface area contributed by atoms with Crippen molar-refractivity contribution in [2.45, 2.75) is 50.5 Å². The first-order chi connectivity index (χ1) is 23.3. The van der Waals surface area contributed by atoms with E-state index in [1.807, 2.05) is 12.1 Å². The number of hydrogen-bond acceptors (Lipinski definition) is 10. The van der Waals surface area contributed by atoms with Crippen molar-refractivity contribution in [2.75, 3.05) is 44.7 Å². The fourth-order valence-electron chi connectivity index (χ4n) is 7.02. The highest BCUT2D eigenvalue weighted by molar-refractivity contribution is 5.94. The molecule has 48 heavy (non-hydrogen) atoms. The second kappa shape index (κ2) is 13.1. The largest absolute Gasteiger partial charge is 0.497 e. The predicted molar refractivity (Wildman–Crippen MR) is 168 cm³/mol. The highest BCUT2D eigenvalue weighted by atomic mass is 19.2. The first-order valence-electron chi connectivity index (χ1n) is 16.1. The molecule has 2 aromatic heterocycles. The van der Waals surface area contributed by atoms with Crippen LogP contribution in [0, 0.1) is 22.9 Å². The number of carbonyl (C=O) groups is 1. The summed E-state index contributed by atoms with van der Waals surface area (Å²) in [5, 5.41) is 19.0. The number of nitrogens with zero attached hydrogens (tertiary/aromatic N) is 5. The number of piperazine rings is 1. The summed E-state index contributed by atoms with van der Waals surface area (Å²) in [4.78, 5) is 19.9. The summed E-state index contributed by atoms with van der Waals surface area (Å²) in [6, 6.07) is 11.1. The minimum atomic E-state index is -1.55. The zero-order valence-corrected chi connectivity index (χ0v) is 26.5. The monoisotopic (exact) mass is 663 g/mol. The molecular formula is C34H36F3N7O4. The quantitative estimate of drug-likeness (QED) is 0.225. The lowest BCUT2D eigenvalue weighted by atomic mass is 9.53. The van der Waals surface area contributed by atoms with Gasteiger partial charge in [0.15, 0.2) is 23.2 Å². The zero-order chi connectivity index (χ0) is 33.3. The lowest BCUT2D eigenvalue weighted by molar-refractivity contribution is 0.0228. The van der Waals surface area contributed by atoms with E-state index in [0.29, 0.717) is 34.8 Å². The molecule has 4 fully saturated rings. The Morgan fingerprint density at radius 1 is 0.979 bits per heavy atom. The maximum absolute atomic E-state index is 15.0. The van der Waals surface area contributed by atoms with Crippen LogP contribution in [0.4, 0.5) is 19.0 Å². The van der Waals surface area contributed by atoms with Crippen molar-refractivity contribution in [2.24, 2.45) is 5.41 Å². The van der Waals surface area contributed by atoms with Gasteiger partial charge in [0.25, 0.3) is 5.91 Å². The molecule has 1 saturated heterocycles. The second-order valence-electron chi connectivity index (χ2n) is 12.9. The van der Waals surface area contributed by atoms with Gasteiger partial charge in [-0.3, -0.25) is 4.79 Å². The number of halogens is 3. The first kappa shape index (κ1) is 31.9. The van der Waals surface area contributed by atoms with Crippen LogP contribution in [0.15, 0.2) is 47.0 Å². The molecule has 0 radical (unpaired) electrons. The molecule has 0 atom stereocenters. The number of ether oxygens (including phenoxy) is 2. The summed E-state index contributed by atoms with van der Waals surface area (Å²) >= 11 is 0. The van der Waals surface area contributed by atoms with Gasteiger partial charge in [-0.25, -0.2) is 8.78 Å². The average molecular weight is 664 g/mol. The Morgan fingerprint density at radius 3 is 2.38 bits per heavy atom. The molecular weight excluding hydrogens is 627 g/mol. The molecule has 3 aliphatic carbocycles. The van der Waals surface area contributed by atoms with Crippen LogP contribution in [0.5, 0.6) is 11.5 Å². The van der Waals surface area contributed by atoms with Gasteiger partial charge in [0.05, 0.1) is 12.7 Å². The molecule has 1 amide bonds. The molecule has 3 saturated carbocycles. The number of benzene rings is 2. The SMILES string of the molecule is COc1ccc(COc2c(F)cc(C(=O)NC[C@]34CC[C@](c5nc(-c6ccc(N7CCNCC7)nn6)no5)(CC3)CC4)c(F)c2F)cc1. The Kier molecular flexibility index (Phi) is 8.67. The van der Waals surface area contributed by atoms with Gasteiger partial charge >= 0.3 is 0 Å². The van der Waals surface area contributed by atoms with Crippen molar-refractivity contribution in [3.63, 3.8) is 0 Å². The van der Waals surface area contributed by atoms with Gasteiger partial charge in [-0.1, -0.05) is 17.3 Å². The van der Waals surface area contributed by atoms with Crippen LogP contribution in [-0.4, -0.2) is 66.1 Å². The van der Waals surface area contributed by atoms with Gasteiger partial charge in [0.2, 0.25) is 17.5 Å². The van der Waals surface area contributed by atoms with Crippen LogP contribution in [0.25, 0.3) is 11.5 Å². The number of methoxy groups -OCH3 is 1. The smallest absolute Gasteiger partial charge is 0.254 e. The van der Waals surface area contributed by atoms with E-state index < -0.39 is 34.7 Å². The molecule has 3 heterocycles. The number of nitrogens with one attached hydrogen (secondary N) is 2. The van der Waals surface area contributed by atoms with E-state index in [1.54, 1.807) is 24.3 Å². The molecule has 14 heteroatoms. The minimum absolute atomic E-state index is 0.198. The van der Waals surface area contributed by atoms with E-state index in [1.165, 1.54) is 7.11 Å². The summed E-state index contributed by atoms with van der Waals surface area (Å²) in [5.41, 5.74) is -0.0568. The lowest BCUT2D eigenvalue weighted by Gasteiger charge is -2.51. The fourth-order valence-corrected chi connectivity index (χ4v) is 7.02. The second-order valence-corrected chi connectivity index (χ2v) is 12.9. The Hall–Kier alpha value is -4.72. The molecule has 0 spiro atoms. The first-order valence-corrected chi connectivity index (χ1v) is 16.1. The van der Waals surface area contributed by atoms with Gasteiger partial charge in [-0.15, -0.1) is 10.2 Å². The Labute approximate surface area is 275 Å². The number of aromatic nitrogens is 4. The van der Waals surface area contributed by atoms with Gasteiger partial charge in [0.1, 0.15) is 18.1 Å². The van der Waals surface area contributed by atoms with Crippen molar-refractivity contribution >= 4 is 11.7 Å². The molecule has 252 valence electrons. The minimum Gasteiger partial charge on any atom is -0.497 e. The molecule has 4 aliphatic rings. The Morgan fingerprint density at radius 2 is 1.71 bits per heavy atom. The molecule has 2 N–H and O–H groups in total. The molecule has 2 bridgehead atoms.